The lowest BCUT2D eigenvalue weighted by Gasteiger charge is -2.22. The SMILES string of the molecule is CC(NC(CO)c1ccccc1)c1ccc(OC(F)F)cc1. The molecular weight excluding hydrogens is 288 g/mol. The molecule has 118 valence electrons. The topological polar surface area (TPSA) is 41.5 Å². The maximum atomic E-state index is 12.1. The second-order valence-corrected chi connectivity index (χ2v) is 4.98. The summed E-state index contributed by atoms with van der Waals surface area (Å²) in [6.45, 7) is -0.895. The first-order valence-electron chi connectivity index (χ1n) is 7.06. The first-order valence-corrected chi connectivity index (χ1v) is 7.06. The molecule has 0 aliphatic rings. The van der Waals surface area contributed by atoms with Crippen molar-refractivity contribution in [2.45, 2.75) is 25.6 Å². The van der Waals surface area contributed by atoms with Gasteiger partial charge < -0.3 is 15.2 Å². The zero-order valence-corrected chi connectivity index (χ0v) is 12.2. The van der Waals surface area contributed by atoms with Crippen LogP contribution in [-0.2, 0) is 0 Å². The van der Waals surface area contributed by atoms with Gasteiger partial charge in [-0.2, -0.15) is 8.78 Å². The Morgan fingerprint density at radius 2 is 1.64 bits per heavy atom. The van der Waals surface area contributed by atoms with Gasteiger partial charge in [0.1, 0.15) is 5.75 Å². The molecule has 2 aromatic rings. The van der Waals surface area contributed by atoms with Gasteiger partial charge in [-0.15, -0.1) is 0 Å². The summed E-state index contributed by atoms with van der Waals surface area (Å²) in [5, 5.41) is 12.9. The summed E-state index contributed by atoms with van der Waals surface area (Å²) in [4.78, 5) is 0. The van der Waals surface area contributed by atoms with Crippen LogP contribution in [0.3, 0.4) is 0 Å². The molecule has 0 spiro atoms. The maximum absolute atomic E-state index is 12.1. The molecule has 0 fully saturated rings. The van der Waals surface area contributed by atoms with Crippen molar-refractivity contribution >= 4 is 0 Å². The number of rotatable bonds is 7. The van der Waals surface area contributed by atoms with Gasteiger partial charge in [-0.1, -0.05) is 42.5 Å². The van der Waals surface area contributed by atoms with E-state index in [1.165, 1.54) is 12.1 Å². The van der Waals surface area contributed by atoms with Gasteiger partial charge in [0, 0.05) is 6.04 Å². The normalized spacial score (nSPS) is 13.9. The highest BCUT2D eigenvalue weighted by atomic mass is 19.3. The monoisotopic (exact) mass is 307 g/mol. The highest BCUT2D eigenvalue weighted by Gasteiger charge is 2.14. The van der Waals surface area contributed by atoms with Crippen molar-refractivity contribution in [3.8, 4) is 5.75 Å². The van der Waals surface area contributed by atoms with Crippen LogP contribution in [0.2, 0.25) is 0 Å². The van der Waals surface area contributed by atoms with E-state index in [4.69, 9.17) is 0 Å². The van der Waals surface area contributed by atoms with Crippen molar-refractivity contribution in [1.29, 1.82) is 0 Å². The van der Waals surface area contributed by atoms with Gasteiger partial charge in [-0.3, -0.25) is 0 Å². The predicted molar refractivity (Wildman–Crippen MR) is 80.9 cm³/mol. The van der Waals surface area contributed by atoms with E-state index in [1.54, 1.807) is 12.1 Å². The van der Waals surface area contributed by atoms with Gasteiger partial charge in [-0.25, -0.2) is 0 Å². The molecule has 2 aromatic carbocycles. The number of alkyl halides is 2. The number of nitrogens with one attached hydrogen (secondary N) is 1. The van der Waals surface area contributed by atoms with Crippen LogP contribution in [0.25, 0.3) is 0 Å². The van der Waals surface area contributed by atoms with Gasteiger partial charge in [0.2, 0.25) is 0 Å². The van der Waals surface area contributed by atoms with Crippen LogP contribution < -0.4 is 10.1 Å². The van der Waals surface area contributed by atoms with E-state index in [0.717, 1.165) is 11.1 Å². The van der Waals surface area contributed by atoms with Crippen LogP contribution in [0, 0.1) is 0 Å². The Kier molecular flexibility index (Phi) is 5.86. The van der Waals surface area contributed by atoms with Gasteiger partial charge in [0.15, 0.2) is 0 Å². The van der Waals surface area contributed by atoms with E-state index in [-0.39, 0.29) is 24.4 Å². The minimum atomic E-state index is -2.82. The van der Waals surface area contributed by atoms with Gasteiger partial charge >= 0.3 is 6.61 Å². The smallest absolute Gasteiger partial charge is 0.387 e. The van der Waals surface area contributed by atoms with E-state index >= 15 is 0 Å². The largest absolute Gasteiger partial charge is 0.435 e. The van der Waals surface area contributed by atoms with Crippen LogP contribution in [0.15, 0.2) is 54.6 Å². The Morgan fingerprint density at radius 3 is 2.18 bits per heavy atom. The van der Waals surface area contributed by atoms with Gasteiger partial charge in [0.05, 0.1) is 12.6 Å². The summed E-state index contributed by atoms with van der Waals surface area (Å²) in [7, 11) is 0. The summed E-state index contributed by atoms with van der Waals surface area (Å²) in [6, 6.07) is 15.9. The highest BCUT2D eigenvalue weighted by molar-refractivity contribution is 5.29. The lowest BCUT2D eigenvalue weighted by atomic mass is 10.0. The summed E-state index contributed by atoms with van der Waals surface area (Å²) < 4.78 is 28.6. The first kappa shape index (κ1) is 16.4. The third-order valence-electron chi connectivity index (χ3n) is 3.44. The van der Waals surface area contributed by atoms with Crippen molar-refractivity contribution in [1.82, 2.24) is 5.32 Å². The molecule has 0 saturated heterocycles. The molecule has 0 amide bonds. The highest BCUT2D eigenvalue weighted by Crippen LogP contribution is 2.22. The number of hydrogen-bond acceptors (Lipinski definition) is 3. The minimum absolute atomic E-state index is 0.0269. The predicted octanol–water partition coefficient (Wildman–Crippen LogP) is 3.67. The molecule has 0 radical (unpaired) electrons. The van der Waals surface area contributed by atoms with E-state index in [1.807, 2.05) is 37.3 Å². The standard InChI is InChI=1S/C17H19F2NO2/c1-12(13-7-9-15(10-8-13)22-17(18)19)20-16(11-21)14-5-3-2-4-6-14/h2-10,12,16-17,20-21H,11H2,1H3. The second-order valence-electron chi connectivity index (χ2n) is 4.98. The summed E-state index contributed by atoms with van der Waals surface area (Å²) in [5.74, 6) is 0.132. The van der Waals surface area contributed by atoms with Gasteiger partial charge in [-0.05, 0) is 30.2 Å². The number of hydrogen-bond donors (Lipinski definition) is 2. The fourth-order valence-corrected chi connectivity index (χ4v) is 2.28. The molecule has 22 heavy (non-hydrogen) atoms. The van der Waals surface area contributed by atoms with Crippen LogP contribution >= 0.6 is 0 Å². The van der Waals surface area contributed by atoms with E-state index in [9.17, 15) is 13.9 Å². The van der Waals surface area contributed by atoms with E-state index in [2.05, 4.69) is 10.1 Å². The Balaban J connectivity index is 2.03. The molecule has 2 N–H and O–H groups in total. The molecule has 2 rings (SSSR count). The number of ether oxygens (including phenoxy) is 1. The maximum Gasteiger partial charge on any atom is 0.387 e. The molecule has 5 heteroatoms. The van der Waals surface area contributed by atoms with Gasteiger partial charge in [0.25, 0.3) is 0 Å². The van der Waals surface area contributed by atoms with Crippen molar-refractivity contribution in [2.24, 2.45) is 0 Å². The Hall–Kier alpha value is -1.98. The van der Waals surface area contributed by atoms with Crippen LogP contribution in [-0.4, -0.2) is 18.3 Å². The van der Waals surface area contributed by atoms with Crippen molar-refractivity contribution in [3.63, 3.8) is 0 Å². The molecule has 0 aliphatic carbocycles. The zero-order chi connectivity index (χ0) is 15.9. The van der Waals surface area contributed by atoms with Crippen LogP contribution in [0.4, 0.5) is 8.78 Å². The summed E-state index contributed by atoms with van der Waals surface area (Å²) >= 11 is 0. The number of aliphatic hydroxyl groups excluding tert-OH is 1. The van der Waals surface area contributed by atoms with E-state index < -0.39 is 6.61 Å². The van der Waals surface area contributed by atoms with Crippen molar-refractivity contribution < 1.29 is 18.6 Å². The number of aliphatic hydroxyl groups is 1. The Bertz CT molecular complexity index is 561. The van der Waals surface area contributed by atoms with E-state index in [0.29, 0.717) is 0 Å². The summed E-state index contributed by atoms with van der Waals surface area (Å²) in [5.41, 5.74) is 1.92. The first-order chi connectivity index (χ1) is 10.6. The average Bonchev–Trinajstić information content (AvgIpc) is 2.53. The molecule has 3 nitrogen and oxygen atoms in total. The quantitative estimate of drug-likeness (QED) is 0.820. The molecule has 2 atom stereocenters. The van der Waals surface area contributed by atoms with Crippen molar-refractivity contribution in [2.75, 3.05) is 6.61 Å². The molecule has 0 aromatic heterocycles. The molecule has 0 saturated carbocycles. The average molecular weight is 307 g/mol. The van der Waals surface area contributed by atoms with Crippen molar-refractivity contribution in [3.05, 3.63) is 65.7 Å². The van der Waals surface area contributed by atoms with Crippen LogP contribution in [0.5, 0.6) is 5.75 Å². The third kappa shape index (κ3) is 4.51. The minimum Gasteiger partial charge on any atom is -0.435 e. The molecule has 0 heterocycles. The molecular formula is C17H19F2NO2. The lowest BCUT2D eigenvalue weighted by molar-refractivity contribution is -0.0498. The number of halogens is 2. The Morgan fingerprint density at radius 1 is 1.00 bits per heavy atom. The summed E-state index contributed by atoms with van der Waals surface area (Å²) in [6.07, 6.45) is 0. The van der Waals surface area contributed by atoms with Crippen LogP contribution in [0.1, 0.15) is 30.1 Å². The number of benzene rings is 2. The lowest BCUT2D eigenvalue weighted by Crippen LogP contribution is -2.27. The fourth-order valence-electron chi connectivity index (χ4n) is 2.28. The fraction of sp³-hybridized carbons (Fsp3) is 0.294. The molecule has 0 bridgehead atoms. The molecule has 2 unspecified atom stereocenters. The molecule has 0 aliphatic heterocycles. The third-order valence-corrected chi connectivity index (χ3v) is 3.44. The Labute approximate surface area is 128 Å². The second kappa shape index (κ2) is 7.87. The zero-order valence-electron chi connectivity index (χ0n) is 12.2.